The van der Waals surface area contributed by atoms with Crippen LogP contribution in [0.1, 0.15) is 36.7 Å². The SMILES string of the molecule is CCN(CC)CC(C)NC(=O)c1ccc(C)cc1F. The summed E-state index contributed by atoms with van der Waals surface area (Å²) in [4.78, 5) is 14.2. The molecule has 0 saturated heterocycles. The average molecular weight is 266 g/mol. The van der Waals surface area contributed by atoms with E-state index in [1.807, 2.05) is 6.92 Å². The van der Waals surface area contributed by atoms with Gasteiger partial charge in [-0.15, -0.1) is 0 Å². The monoisotopic (exact) mass is 266 g/mol. The molecule has 0 fully saturated rings. The van der Waals surface area contributed by atoms with E-state index in [0.29, 0.717) is 0 Å². The molecule has 0 aromatic heterocycles. The largest absolute Gasteiger partial charge is 0.348 e. The van der Waals surface area contributed by atoms with E-state index in [2.05, 4.69) is 24.1 Å². The Kier molecular flexibility index (Phi) is 5.96. The lowest BCUT2D eigenvalue weighted by Gasteiger charge is -2.23. The lowest BCUT2D eigenvalue weighted by Crippen LogP contribution is -2.42. The van der Waals surface area contributed by atoms with Crippen molar-refractivity contribution < 1.29 is 9.18 Å². The van der Waals surface area contributed by atoms with Crippen molar-refractivity contribution in [2.45, 2.75) is 33.7 Å². The predicted molar refractivity (Wildman–Crippen MR) is 75.9 cm³/mol. The van der Waals surface area contributed by atoms with Gasteiger partial charge in [0, 0.05) is 12.6 Å². The Hall–Kier alpha value is -1.42. The number of aryl methyl sites for hydroxylation is 1. The van der Waals surface area contributed by atoms with Crippen LogP contribution in [-0.2, 0) is 0 Å². The lowest BCUT2D eigenvalue weighted by atomic mass is 10.1. The van der Waals surface area contributed by atoms with E-state index in [4.69, 9.17) is 0 Å². The maximum atomic E-state index is 13.7. The van der Waals surface area contributed by atoms with Crippen molar-refractivity contribution in [3.8, 4) is 0 Å². The molecule has 0 aliphatic carbocycles. The van der Waals surface area contributed by atoms with Crippen molar-refractivity contribution in [3.63, 3.8) is 0 Å². The maximum Gasteiger partial charge on any atom is 0.254 e. The van der Waals surface area contributed by atoms with Gasteiger partial charge in [-0.3, -0.25) is 4.79 Å². The Morgan fingerprint density at radius 1 is 1.37 bits per heavy atom. The maximum absolute atomic E-state index is 13.7. The van der Waals surface area contributed by atoms with Gasteiger partial charge >= 0.3 is 0 Å². The fourth-order valence-electron chi connectivity index (χ4n) is 2.02. The van der Waals surface area contributed by atoms with E-state index >= 15 is 0 Å². The Morgan fingerprint density at radius 2 is 2.00 bits per heavy atom. The van der Waals surface area contributed by atoms with Crippen LogP contribution < -0.4 is 5.32 Å². The first-order chi connectivity index (χ1) is 8.97. The first-order valence-electron chi connectivity index (χ1n) is 6.77. The summed E-state index contributed by atoms with van der Waals surface area (Å²) in [7, 11) is 0. The van der Waals surface area contributed by atoms with Gasteiger partial charge in [0.1, 0.15) is 5.82 Å². The molecule has 1 atom stereocenters. The number of amides is 1. The Morgan fingerprint density at radius 3 is 2.53 bits per heavy atom. The second-order valence-corrected chi connectivity index (χ2v) is 4.84. The molecule has 3 nitrogen and oxygen atoms in total. The topological polar surface area (TPSA) is 32.3 Å². The summed E-state index contributed by atoms with van der Waals surface area (Å²) in [5, 5.41) is 2.83. The van der Waals surface area contributed by atoms with Gasteiger partial charge in [0.2, 0.25) is 0 Å². The molecule has 0 heterocycles. The summed E-state index contributed by atoms with van der Waals surface area (Å²) in [5.41, 5.74) is 0.919. The third kappa shape index (κ3) is 4.63. The zero-order chi connectivity index (χ0) is 14.4. The number of hydrogen-bond acceptors (Lipinski definition) is 2. The normalized spacial score (nSPS) is 12.5. The number of halogens is 1. The first-order valence-corrected chi connectivity index (χ1v) is 6.77. The van der Waals surface area contributed by atoms with Crippen molar-refractivity contribution in [2.24, 2.45) is 0 Å². The summed E-state index contributed by atoms with van der Waals surface area (Å²) >= 11 is 0. The van der Waals surface area contributed by atoms with Crippen molar-refractivity contribution in [1.29, 1.82) is 0 Å². The van der Waals surface area contributed by atoms with Crippen LogP contribution in [0.5, 0.6) is 0 Å². The van der Waals surface area contributed by atoms with Crippen molar-refractivity contribution in [3.05, 3.63) is 35.1 Å². The Balaban J connectivity index is 2.63. The minimum absolute atomic E-state index is 0.00639. The Bertz CT molecular complexity index is 430. The first kappa shape index (κ1) is 15.6. The molecule has 106 valence electrons. The van der Waals surface area contributed by atoms with Crippen LogP contribution in [0, 0.1) is 12.7 Å². The van der Waals surface area contributed by atoms with Crippen LogP contribution in [-0.4, -0.2) is 36.5 Å². The van der Waals surface area contributed by atoms with E-state index < -0.39 is 5.82 Å². The number of hydrogen-bond donors (Lipinski definition) is 1. The quantitative estimate of drug-likeness (QED) is 0.858. The van der Waals surface area contributed by atoms with Crippen LogP contribution in [0.25, 0.3) is 0 Å². The predicted octanol–water partition coefficient (Wildman–Crippen LogP) is 2.59. The van der Waals surface area contributed by atoms with Gasteiger partial charge in [-0.1, -0.05) is 19.9 Å². The zero-order valence-corrected chi connectivity index (χ0v) is 12.2. The molecule has 0 saturated carbocycles. The second-order valence-electron chi connectivity index (χ2n) is 4.84. The van der Waals surface area contributed by atoms with E-state index in [-0.39, 0.29) is 17.5 Å². The lowest BCUT2D eigenvalue weighted by molar-refractivity contribution is 0.0926. The molecule has 19 heavy (non-hydrogen) atoms. The van der Waals surface area contributed by atoms with E-state index in [0.717, 1.165) is 25.2 Å². The summed E-state index contributed by atoms with van der Waals surface area (Å²) in [6, 6.07) is 4.65. The molecule has 0 aliphatic rings. The number of rotatable bonds is 6. The van der Waals surface area contributed by atoms with Gasteiger partial charge in [-0.05, 0) is 44.6 Å². The molecule has 0 bridgehead atoms. The van der Waals surface area contributed by atoms with Crippen molar-refractivity contribution in [2.75, 3.05) is 19.6 Å². The zero-order valence-electron chi connectivity index (χ0n) is 12.2. The minimum Gasteiger partial charge on any atom is -0.348 e. The van der Waals surface area contributed by atoms with E-state index in [9.17, 15) is 9.18 Å². The highest BCUT2D eigenvalue weighted by molar-refractivity contribution is 5.94. The molecule has 1 N–H and O–H groups in total. The third-order valence-corrected chi connectivity index (χ3v) is 3.17. The van der Waals surface area contributed by atoms with Crippen molar-refractivity contribution in [1.82, 2.24) is 10.2 Å². The molecular formula is C15H23FN2O. The fraction of sp³-hybridized carbons (Fsp3) is 0.533. The molecule has 1 aromatic carbocycles. The second kappa shape index (κ2) is 7.24. The number of carbonyl (C=O) groups is 1. The summed E-state index contributed by atoms with van der Waals surface area (Å²) < 4.78 is 13.7. The molecular weight excluding hydrogens is 243 g/mol. The molecule has 1 unspecified atom stereocenters. The standard InChI is InChI=1S/C15H23FN2O/c1-5-18(6-2)10-12(4)17-15(19)13-8-7-11(3)9-14(13)16/h7-9,12H,5-6,10H2,1-4H3,(H,17,19). The third-order valence-electron chi connectivity index (χ3n) is 3.17. The number of carbonyl (C=O) groups excluding carboxylic acids is 1. The Labute approximate surface area is 114 Å². The van der Waals surface area contributed by atoms with Crippen LogP contribution in [0.4, 0.5) is 4.39 Å². The average Bonchev–Trinajstić information content (AvgIpc) is 2.35. The van der Waals surface area contributed by atoms with Gasteiger partial charge in [0.15, 0.2) is 0 Å². The highest BCUT2D eigenvalue weighted by Crippen LogP contribution is 2.10. The summed E-state index contributed by atoms with van der Waals surface area (Å²) in [6.07, 6.45) is 0. The molecule has 0 spiro atoms. The summed E-state index contributed by atoms with van der Waals surface area (Å²) in [5.74, 6) is -0.815. The van der Waals surface area contributed by atoms with Crippen LogP contribution in [0.2, 0.25) is 0 Å². The van der Waals surface area contributed by atoms with E-state index in [1.165, 1.54) is 12.1 Å². The molecule has 0 radical (unpaired) electrons. The highest BCUT2D eigenvalue weighted by atomic mass is 19.1. The minimum atomic E-state index is -0.465. The summed E-state index contributed by atoms with van der Waals surface area (Å²) in [6.45, 7) is 10.5. The smallest absolute Gasteiger partial charge is 0.254 e. The molecule has 0 aliphatic heterocycles. The van der Waals surface area contributed by atoms with Gasteiger partial charge in [-0.2, -0.15) is 0 Å². The molecule has 1 amide bonds. The van der Waals surface area contributed by atoms with Crippen molar-refractivity contribution >= 4 is 5.91 Å². The van der Waals surface area contributed by atoms with Gasteiger partial charge in [-0.25, -0.2) is 4.39 Å². The number of nitrogens with zero attached hydrogens (tertiary/aromatic N) is 1. The number of likely N-dealkylation sites (N-methyl/N-ethyl adjacent to an activating group) is 1. The van der Waals surface area contributed by atoms with Crippen LogP contribution in [0.15, 0.2) is 18.2 Å². The highest BCUT2D eigenvalue weighted by Gasteiger charge is 2.15. The van der Waals surface area contributed by atoms with Gasteiger partial charge in [0.05, 0.1) is 5.56 Å². The van der Waals surface area contributed by atoms with E-state index in [1.54, 1.807) is 13.0 Å². The molecule has 4 heteroatoms. The van der Waals surface area contributed by atoms with Gasteiger partial charge < -0.3 is 10.2 Å². The number of benzene rings is 1. The van der Waals surface area contributed by atoms with Crippen LogP contribution >= 0.6 is 0 Å². The fourth-order valence-corrected chi connectivity index (χ4v) is 2.02. The molecule has 1 rings (SSSR count). The van der Waals surface area contributed by atoms with Crippen LogP contribution in [0.3, 0.4) is 0 Å². The number of nitrogens with one attached hydrogen (secondary N) is 1. The molecule has 1 aromatic rings. The van der Waals surface area contributed by atoms with Gasteiger partial charge in [0.25, 0.3) is 5.91 Å².